The van der Waals surface area contributed by atoms with Gasteiger partial charge in [-0.25, -0.2) is 0 Å². The van der Waals surface area contributed by atoms with E-state index in [2.05, 4.69) is 19.2 Å². The third kappa shape index (κ3) is 4.54. The van der Waals surface area contributed by atoms with Gasteiger partial charge in [0.1, 0.15) is 0 Å². The highest BCUT2D eigenvalue weighted by Gasteiger charge is 2.26. The zero-order chi connectivity index (χ0) is 14.3. The van der Waals surface area contributed by atoms with Crippen molar-refractivity contribution in [1.29, 1.82) is 0 Å². The van der Waals surface area contributed by atoms with Crippen LogP contribution in [0.1, 0.15) is 45.1 Å². The number of carbonyl (C=O) groups excluding carboxylic acids is 1. The second-order valence-electron chi connectivity index (χ2n) is 5.04. The molecule has 1 N–H and O–H groups in total. The highest BCUT2D eigenvalue weighted by Crippen LogP contribution is 2.27. The van der Waals surface area contributed by atoms with Crippen LogP contribution in [0.25, 0.3) is 0 Å². The predicted octanol–water partition coefficient (Wildman–Crippen LogP) is 3.95. The summed E-state index contributed by atoms with van der Waals surface area (Å²) in [5.74, 6) is 0.774. The largest absolute Gasteiger partial charge is 0.352 e. The minimum absolute atomic E-state index is 0.0597. The third-order valence-corrected chi connectivity index (χ3v) is 4.05. The van der Waals surface area contributed by atoms with Crippen molar-refractivity contribution in [2.45, 2.75) is 45.6 Å². The van der Waals surface area contributed by atoms with E-state index in [0.717, 1.165) is 18.4 Å². The highest BCUT2D eigenvalue weighted by molar-refractivity contribution is 6.18. The molecule has 0 radical (unpaired) electrons. The molecule has 0 saturated carbocycles. The average molecular weight is 282 g/mol. The molecule has 0 fully saturated rings. The van der Waals surface area contributed by atoms with Crippen LogP contribution in [0.5, 0.6) is 0 Å². The number of nitrogens with one attached hydrogen (secondary N) is 1. The molecule has 3 unspecified atom stereocenters. The fourth-order valence-corrected chi connectivity index (χ4v) is 2.47. The summed E-state index contributed by atoms with van der Waals surface area (Å²) in [5, 5.41) is 3.06. The Morgan fingerprint density at radius 3 is 2.32 bits per heavy atom. The normalized spacial score (nSPS) is 15.6. The molecule has 19 heavy (non-hydrogen) atoms. The van der Waals surface area contributed by atoms with Gasteiger partial charge in [-0.3, -0.25) is 4.79 Å². The molecule has 3 heteroatoms. The van der Waals surface area contributed by atoms with Crippen LogP contribution in [0, 0.1) is 5.92 Å². The molecule has 1 amide bonds. The zero-order valence-corrected chi connectivity index (χ0v) is 12.8. The molecule has 0 aliphatic heterocycles. The first-order valence-corrected chi connectivity index (χ1v) is 7.58. The second kappa shape index (κ2) is 8.21. The monoisotopic (exact) mass is 281 g/mol. The topological polar surface area (TPSA) is 29.1 Å². The van der Waals surface area contributed by atoms with E-state index in [1.54, 1.807) is 0 Å². The first kappa shape index (κ1) is 16.0. The standard InChI is InChI=1S/C16H24ClNO/c1-4-12(3)15(13-9-7-6-8-10-13)16(19)18-14(5-2)11-17/h6-10,12,14-15H,4-5,11H2,1-3H3,(H,18,19). The number of carbonyl (C=O) groups is 1. The maximum atomic E-state index is 12.5. The Labute approximate surface area is 121 Å². The molecule has 3 atom stereocenters. The zero-order valence-electron chi connectivity index (χ0n) is 12.0. The van der Waals surface area contributed by atoms with Crippen molar-refractivity contribution in [2.75, 3.05) is 5.88 Å². The Morgan fingerprint density at radius 2 is 1.84 bits per heavy atom. The van der Waals surface area contributed by atoms with Crippen LogP contribution in [0.2, 0.25) is 0 Å². The molecule has 1 rings (SSSR count). The predicted molar refractivity (Wildman–Crippen MR) is 81.6 cm³/mol. The van der Waals surface area contributed by atoms with E-state index >= 15 is 0 Å². The van der Waals surface area contributed by atoms with Crippen LogP contribution in [-0.4, -0.2) is 17.8 Å². The molecule has 0 spiro atoms. The summed E-state index contributed by atoms with van der Waals surface area (Å²) in [4.78, 5) is 12.5. The van der Waals surface area contributed by atoms with Crippen molar-refractivity contribution in [2.24, 2.45) is 5.92 Å². The summed E-state index contributed by atoms with van der Waals surface area (Å²) in [6, 6.07) is 10.1. The fraction of sp³-hybridized carbons (Fsp3) is 0.562. The van der Waals surface area contributed by atoms with Crippen LogP contribution < -0.4 is 5.32 Å². The number of rotatable bonds is 7. The lowest BCUT2D eigenvalue weighted by atomic mass is 9.84. The Hall–Kier alpha value is -1.02. The molecular weight excluding hydrogens is 258 g/mol. The minimum Gasteiger partial charge on any atom is -0.352 e. The van der Waals surface area contributed by atoms with E-state index in [9.17, 15) is 4.79 Å². The second-order valence-corrected chi connectivity index (χ2v) is 5.35. The van der Waals surface area contributed by atoms with Gasteiger partial charge in [0.25, 0.3) is 0 Å². The van der Waals surface area contributed by atoms with Crippen LogP contribution in [0.3, 0.4) is 0 Å². The molecule has 2 nitrogen and oxygen atoms in total. The van der Waals surface area contributed by atoms with Crippen molar-refractivity contribution in [3.63, 3.8) is 0 Å². The van der Waals surface area contributed by atoms with Gasteiger partial charge in [-0.2, -0.15) is 0 Å². The van der Waals surface area contributed by atoms with Crippen molar-refractivity contribution in [3.8, 4) is 0 Å². The Morgan fingerprint density at radius 1 is 1.21 bits per heavy atom. The van der Waals surface area contributed by atoms with E-state index in [4.69, 9.17) is 11.6 Å². The quantitative estimate of drug-likeness (QED) is 0.754. The lowest BCUT2D eigenvalue weighted by Gasteiger charge is -2.25. The fourth-order valence-electron chi connectivity index (χ4n) is 2.18. The van der Waals surface area contributed by atoms with Crippen LogP contribution in [-0.2, 0) is 4.79 Å². The minimum atomic E-state index is -0.0940. The maximum Gasteiger partial charge on any atom is 0.228 e. The van der Waals surface area contributed by atoms with E-state index in [1.165, 1.54) is 0 Å². The van der Waals surface area contributed by atoms with Crippen molar-refractivity contribution in [1.82, 2.24) is 5.32 Å². The van der Waals surface area contributed by atoms with E-state index in [0.29, 0.717) is 11.8 Å². The molecule has 0 bridgehead atoms. The number of hydrogen-bond acceptors (Lipinski definition) is 1. The van der Waals surface area contributed by atoms with Gasteiger partial charge in [0, 0.05) is 11.9 Å². The van der Waals surface area contributed by atoms with Gasteiger partial charge in [0.05, 0.1) is 5.92 Å². The first-order chi connectivity index (χ1) is 9.13. The Bertz CT molecular complexity index is 376. The van der Waals surface area contributed by atoms with Crippen molar-refractivity contribution in [3.05, 3.63) is 35.9 Å². The molecule has 1 aromatic rings. The van der Waals surface area contributed by atoms with Crippen LogP contribution >= 0.6 is 11.6 Å². The highest BCUT2D eigenvalue weighted by atomic mass is 35.5. The van der Waals surface area contributed by atoms with Gasteiger partial charge < -0.3 is 5.32 Å². The Kier molecular flexibility index (Phi) is 6.93. The van der Waals surface area contributed by atoms with Gasteiger partial charge in [-0.1, -0.05) is 57.5 Å². The van der Waals surface area contributed by atoms with Crippen LogP contribution in [0.15, 0.2) is 30.3 Å². The van der Waals surface area contributed by atoms with E-state index in [1.807, 2.05) is 37.3 Å². The van der Waals surface area contributed by atoms with E-state index in [-0.39, 0.29) is 17.9 Å². The van der Waals surface area contributed by atoms with Gasteiger partial charge in [0.2, 0.25) is 5.91 Å². The molecule has 0 aromatic heterocycles. The number of amides is 1. The average Bonchev–Trinajstić information content (AvgIpc) is 2.45. The van der Waals surface area contributed by atoms with E-state index < -0.39 is 0 Å². The molecular formula is C16H24ClNO. The number of hydrogen-bond donors (Lipinski definition) is 1. The van der Waals surface area contributed by atoms with Gasteiger partial charge >= 0.3 is 0 Å². The van der Waals surface area contributed by atoms with Gasteiger partial charge in [-0.15, -0.1) is 11.6 Å². The maximum absolute atomic E-state index is 12.5. The summed E-state index contributed by atoms with van der Waals surface area (Å²) >= 11 is 5.86. The summed E-state index contributed by atoms with van der Waals surface area (Å²) in [6.07, 6.45) is 1.84. The van der Waals surface area contributed by atoms with Gasteiger partial charge in [-0.05, 0) is 17.9 Å². The lowest BCUT2D eigenvalue weighted by molar-refractivity contribution is -0.124. The lowest BCUT2D eigenvalue weighted by Crippen LogP contribution is -2.40. The van der Waals surface area contributed by atoms with Crippen molar-refractivity contribution >= 4 is 17.5 Å². The summed E-state index contributed by atoms with van der Waals surface area (Å²) in [5.41, 5.74) is 1.08. The van der Waals surface area contributed by atoms with Crippen LogP contribution in [0.4, 0.5) is 0 Å². The van der Waals surface area contributed by atoms with Crippen molar-refractivity contribution < 1.29 is 4.79 Å². The third-order valence-electron chi connectivity index (χ3n) is 3.68. The molecule has 1 aromatic carbocycles. The van der Waals surface area contributed by atoms with Gasteiger partial charge in [0.15, 0.2) is 0 Å². The summed E-state index contributed by atoms with van der Waals surface area (Å²) < 4.78 is 0. The molecule has 0 saturated heterocycles. The first-order valence-electron chi connectivity index (χ1n) is 7.05. The number of halogens is 1. The SMILES string of the molecule is CCC(CCl)NC(=O)C(c1ccccc1)C(C)CC. The summed E-state index contributed by atoms with van der Waals surface area (Å²) in [7, 11) is 0. The molecule has 0 heterocycles. The summed E-state index contributed by atoms with van der Waals surface area (Å²) in [6.45, 7) is 6.28. The molecule has 106 valence electrons. The Balaban J connectivity index is 2.89. The number of benzene rings is 1. The molecule has 0 aliphatic rings. The smallest absolute Gasteiger partial charge is 0.228 e. The number of alkyl halides is 1. The molecule has 0 aliphatic carbocycles.